The normalized spacial score (nSPS) is 22.0. The number of rotatable bonds is 2. The maximum Gasteiger partial charge on any atom is 0.0722 e. The van der Waals surface area contributed by atoms with Gasteiger partial charge in [0, 0.05) is 23.2 Å². The van der Waals surface area contributed by atoms with E-state index in [2.05, 4.69) is 44.2 Å². The Morgan fingerprint density at radius 3 is 2.29 bits per heavy atom. The third-order valence-electron chi connectivity index (χ3n) is 5.83. The summed E-state index contributed by atoms with van der Waals surface area (Å²) in [6.07, 6.45) is 6.30. The van der Waals surface area contributed by atoms with Gasteiger partial charge in [-0.1, -0.05) is 6.92 Å². The molecule has 0 saturated carbocycles. The lowest BCUT2D eigenvalue weighted by Gasteiger charge is -2.45. The summed E-state index contributed by atoms with van der Waals surface area (Å²) in [4.78, 5) is 2.65. The van der Waals surface area contributed by atoms with Gasteiger partial charge in [-0.25, -0.2) is 0 Å². The Morgan fingerprint density at radius 1 is 1.10 bits per heavy atom. The van der Waals surface area contributed by atoms with Gasteiger partial charge >= 0.3 is 0 Å². The first-order valence-corrected chi connectivity index (χ1v) is 8.75. The van der Waals surface area contributed by atoms with E-state index in [9.17, 15) is 0 Å². The minimum absolute atomic E-state index is 0.306. The van der Waals surface area contributed by atoms with Crippen molar-refractivity contribution < 1.29 is 0 Å². The largest absolute Gasteiger partial charge is 0.298 e. The van der Waals surface area contributed by atoms with Crippen LogP contribution in [0.25, 0.3) is 0 Å². The lowest BCUT2D eigenvalue weighted by atomic mass is 9.75. The number of likely N-dealkylation sites (tertiary alicyclic amines) is 1. The summed E-state index contributed by atoms with van der Waals surface area (Å²) >= 11 is 0. The van der Waals surface area contributed by atoms with E-state index in [-0.39, 0.29) is 0 Å². The molecule has 1 aliphatic heterocycles. The average Bonchev–Trinajstić information content (AvgIpc) is 2.97. The Bertz CT molecular complexity index is 513. The van der Waals surface area contributed by atoms with Crippen LogP contribution in [0, 0.1) is 0 Å². The van der Waals surface area contributed by atoms with Crippen molar-refractivity contribution in [3.05, 3.63) is 17.0 Å². The summed E-state index contributed by atoms with van der Waals surface area (Å²) in [5, 5.41) is 5.04. The van der Waals surface area contributed by atoms with Gasteiger partial charge in [-0.05, 0) is 78.5 Å². The van der Waals surface area contributed by atoms with Gasteiger partial charge in [-0.2, -0.15) is 5.10 Å². The van der Waals surface area contributed by atoms with E-state index in [1.54, 1.807) is 5.56 Å². The Labute approximate surface area is 129 Å². The molecule has 0 amide bonds. The maximum atomic E-state index is 5.04. The van der Waals surface area contributed by atoms with Crippen molar-refractivity contribution >= 4 is 0 Å². The number of piperidine rings is 1. The van der Waals surface area contributed by atoms with Crippen LogP contribution in [0.4, 0.5) is 0 Å². The molecule has 1 spiro atoms. The molecule has 0 atom stereocenters. The van der Waals surface area contributed by atoms with Crippen LogP contribution in [0.1, 0.15) is 70.8 Å². The predicted molar refractivity (Wildman–Crippen MR) is 87.8 cm³/mol. The van der Waals surface area contributed by atoms with E-state index in [4.69, 9.17) is 5.10 Å². The first kappa shape index (κ1) is 15.1. The molecule has 1 aromatic rings. The van der Waals surface area contributed by atoms with E-state index < -0.39 is 0 Å². The molecule has 0 radical (unpaired) electrons. The molecule has 0 bridgehead atoms. The summed E-state index contributed by atoms with van der Waals surface area (Å²) in [5.41, 5.74) is 5.27. The summed E-state index contributed by atoms with van der Waals surface area (Å²) in [6, 6.07) is 0. The smallest absolute Gasteiger partial charge is 0.0722 e. The second-order valence-electron chi connectivity index (χ2n) is 7.88. The molecule has 2 heterocycles. The first-order valence-electron chi connectivity index (χ1n) is 8.75. The van der Waals surface area contributed by atoms with Crippen molar-refractivity contribution in [2.45, 2.75) is 84.2 Å². The van der Waals surface area contributed by atoms with Crippen LogP contribution < -0.4 is 0 Å². The summed E-state index contributed by atoms with van der Waals surface area (Å²) in [5.74, 6) is 0. The Hall–Kier alpha value is -0.830. The van der Waals surface area contributed by atoms with Gasteiger partial charge in [-0.3, -0.25) is 9.58 Å². The molecule has 1 fully saturated rings. The highest BCUT2D eigenvalue weighted by molar-refractivity contribution is 5.38. The van der Waals surface area contributed by atoms with Crippen LogP contribution in [0.5, 0.6) is 0 Å². The van der Waals surface area contributed by atoms with Crippen LogP contribution in [-0.4, -0.2) is 33.3 Å². The predicted octanol–water partition coefficient (Wildman–Crippen LogP) is 3.54. The second-order valence-corrected chi connectivity index (χ2v) is 7.88. The van der Waals surface area contributed by atoms with Crippen LogP contribution in [0.2, 0.25) is 0 Å². The molecule has 1 aliphatic carbocycles. The van der Waals surface area contributed by atoms with Crippen molar-refractivity contribution in [3.63, 3.8) is 0 Å². The molecule has 3 nitrogen and oxygen atoms in total. The molecule has 1 saturated heterocycles. The summed E-state index contributed by atoms with van der Waals surface area (Å²) in [6.45, 7) is 15.0. The van der Waals surface area contributed by atoms with Crippen LogP contribution in [0.3, 0.4) is 0 Å². The van der Waals surface area contributed by atoms with Crippen molar-refractivity contribution in [1.29, 1.82) is 0 Å². The fourth-order valence-corrected chi connectivity index (χ4v) is 4.46. The first-order chi connectivity index (χ1) is 9.91. The molecule has 21 heavy (non-hydrogen) atoms. The van der Waals surface area contributed by atoms with Gasteiger partial charge in [0.2, 0.25) is 0 Å². The monoisotopic (exact) mass is 289 g/mol. The van der Waals surface area contributed by atoms with E-state index in [1.807, 2.05) is 0 Å². The Balaban J connectivity index is 1.87. The van der Waals surface area contributed by atoms with Crippen molar-refractivity contribution in [1.82, 2.24) is 14.7 Å². The van der Waals surface area contributed by atoms with Gasteiger partial charge < -0.3 is 0 Å². The minimum Gasteiger partial charge on any atom is -0.298 e. The molecular weight excluding hydrogens is 258 g/mol. The Kier molecular flexibility index (Phi) is 3.67. The van der Waals surface area contributed by atoms with Crippen LogP contribution in [0.15, 0.2) is 0 Å². The highest BCUT2D eigenvalue weighted by Crippen LogP contribution is 2.47. The third-order valence-corrected chi connectivity index (χ3v) is 5.83. The molecule has 0 aromatic carbocycles. The van der Waals surface area contributed by atoms with Crippen LogP contribution >= 0.6 is 0 Å². The number of hydrogen-bond acceptors (Lipinski definition) is 2. The maximum absolute atomic E-state index is 5.04. The third kappa shape index (κ3) is 2.34. The highest BCUT2D eigenvalue weighted by Gasteiger charge is 2.45. The van der Waals surface area contributed by atoms with Crippen molar-refractivity contribution in [3.8, 4) is 0 Å². The fraction of sp³-hybridized carbons (Fsp3) is 0.833. The van der Waals surface area contributed by atoms with Gasteiger partial charge in [-0.15, -0.1) is 0 Å². The number of fused-ring (bicyclic) bond motifs is 2. The second kappa shape index (κ2) is 5.12. The summed E-state index contributed by atoms with van der Waals surface area (Å²) < 4.78 is 2.27. The van der Waals surface area contributed by atoms with Gasteiger partial charge in [0.05, 0.1) is 5.69 Å². The topological polar surface area (TPSA) is 21.1 Å². The summed E-state index contributed by atoms with van der Waals surface area (Å²) in [7, 11) is 0. The van der Waals surface area contributed by atoms with E-state index in [1.165, 1.54) is 50.2 Å². The Morgan fingerprint density at radius 2 is 1.76 bits per heavy atom. The standard InChI is InChI=1S/C18H31N3/c1-6-15-14-8-9-18(16(14)19-21(15)7-2)10-12-20(13-11-18)17(3,4)5/h6-13H2,1-5H3. The SMILES string of the molecule is CCc1c2c(nn1CC)C1(CC2)CCN(C(C)(C)C)CC1. The zero-order valence-electron chi connectivity index (χ0n) is 14.5. The van der Waals surface area contributed by atoms with Gasteiger partial charge in [0.15, 0.2) is 0 Å². The number of hydrogen-bond donors (Lipinski definition) is 0. The molecule has 0 unspecified atom stereocenters. The average molecular weight is 289 g/mol. The minimum atomic E-state index is 0.306. The molecule has 1 aromatic heterocycles. The number of aryl methyl sites for hydroxylation is 1. The molecule has 3 heteroatoms. The molecule has 0 N–H and O–H groups in total. The van der Waals surface area contributed by atoms with Crippen LogP contribution in [-0.2, 0) is 24.8 Å². The van der Waals surface area contributed by atoms with Crippen molar-refractivity contribution in [2.24, 2.45) is 0 Å². The molecule has 2 aliphatic rings. The van der Waals surface area contributed by atoms with Gasteiger partial charge in [0.1, 0.15) is 0 Å². The lowest BCUT2D eigenvalue weighted by molar-refractivity contribution is 0.0728. The van der Waals surface area contributed by atoms with E-state index in [0.717, 1.165) is 13.0 Å². The quantitative estimate of drug-likeness (QED) is 0.830. The lowest BCUT2D eigenvalue weighted by Crippen LogP contribution is -2.50. The van der Waals surface area contributed by atoms with E-state index >= 15 is 0 Å². The van der Waals surface area contributed by atoms with Crippen molar-refractivity contribution in [2.75, 3.05) is 13.1 Å². The van der Waals surface area contributed by atoms with Gasteiger partial charge in [0.25, 0.3) is 0 Å². The van der Waals surface area contributed by atoms with E-state index in [0.29, 0.717) is 11.0 Å². The highest BCUT2D eigenvalue weighted by atomic mass is 15.3. The zero-order chi connectivity index (χ0) is 15.3. The number of nitrogens with zero attached hydrogens (tertiary/aromatic N) is 3. The fourth-order valence-electron chi connectivity index (χ4n) is 4.46. The zero-order valence-corrected chi connectivity index (χ0v) is 14.5. The molecular formula is C18H31N3. The molecule has 118 valence electrons. The molecule has 3 rings (SSSR count). The number of aromatic nitrogens is 2.